The fraction of sp³-hybridized carbons (Fsp3) is 0.625. The van der Waals surface area contributed by atoms with Gasteiger partial charge in [0.15, 0.2) is 0 Å². The van der Waals surface area contributed by atoms with Gasteiger partial charge < -0.3 is 19.9 Å². The fourth-order valence-electron chi connectivity index (χ4n) is 2.28. The van der Waals surface area contributed by atoms with Crippen molar-refractivity contribution in [3.63, 3.8) is 0 Å². The molecule has 1 amide bonds. The molecule has 0 saturated heterocycles. The molecule has 2 heterocycles. The standard InChI is InChI=1S/C16H26N4O2/c1-12-18-11-14(19-12)10-17-9-13-5-7-20(8-6-13)15(21)22-16(2,3)4/h5,11,17H,6-10H2,1-4H3,(H,18,19). The first kappa shape index (κ1) is 16.5. The van der Waals surface area contributed by atoms with Crippen LogP contribution in [0.4, 0.5) is 4.79 Å². The molecule has 122 valence electrons. The van der Waals surface area contributed by atoms with Crippen LogP contribution in [0.2, 0.25) is 0 Å². The van der Waals surface area contributed by atoms with E-state index in [9.17, 15) is 4.79 Å². The van der Waals surface area contributed by atoms with E-state index < -0.39 is 5.60 Å². The zero-order valence-electron chi connectivity index (χ0n) is 13.9. The molecule has 0 unspecified atom stereocenters. The molecule has 0 aromatic carbocycles. The normalized spacial score (nSPS) is 15.6. The largest absolute Gasteiger partial charge is 0.444 e. The predicted molar refractivity (Wildman–Crippen MR) is 85.5 cm³/mol. The molecule has 6 nitrogen and oxygen atoms in total. The quantitative estimate of drug-likeness (QED) is 0.838. The van der Waals surface area contributed by atoms with E-state index in [2.05, 4.69) is 21.4 Å². The number of H-pyrrole nitrogens is 1. The molecule has 2 N–H and O–H groups in total. The van der Waals surface area contributed by atoms with Gasteiger partial charge >= 0.3 is 6.09 Å². The molecule has 0 fully saturated rings. The molecular weight excluding hydrogens is 280 g/mol. The summed E-state index contributed by atoms with van der Waals surface area (Å²) in [5.41, 5.74) is 1.98. The summed E-state index contributed by atoms with van der Waals surface area (Å²) in [5.74, 6) is 0.932. The number of imidazole rings is 1. The maximum atomic E-state index is 12.0. The van der Waals surface area contributed by atoms with Crippen LogP contribution >= 0.6 is 0 Å². The Balaban J connectivity index is 1.73. The number of aromatic nitrogens is 2. The molecule has 6 heteroatoms. The summed E-state index contributed by atoms with van der Waals surface area (Å²) in [6.07, 6.45) is 4.61. The van der Waals surface area contributed by atoms with Crippen LogP contribution in [0.5, 0.6) is 0 Å². The van der Waals surface area contributed by atoms with Crippen molar-refractivity contribution in [2.45, 2.75) is 46.3 Å². The van der Waals surface area contributed by atoms with E-state index in [1.807, 2.05) is 33.9 Å². The Morgan fingerprint density at radius 1 is 1.45 bits per heavy atom. The van der Waals surface area contributed by atoms with Gasteiger partial charge in [0.05, 0.1) is 0 Å². The summed E-state index contributed by atoms with van der Waals surface area (Å²) in [7, 11) is 0. The summed E-state index contributed by atoms with van der Waals surface area (Å²) in [5, 5.41) is 3.39. The number of hydrogen-bond acceptors (Lipinski definition) is 4. The van der Waals surface area contributed by atoms with E-state index in [1.165, 1.54) is 5.57 Å². The summed E-state index contributed by atoms with van der Waals surface area (Å²) in [6.45, 7) is 10.5. The van der Waals surface area contributed by atoms with Crippen molar-refractivity contribution in [1.29, 1.82) is 0 Å². The monoisotopic (exact) mass is 306 g/mol. The highest BCUT2D eigenvalue weighted by Crippen LogP contribution is 2.15. The smallest absolute Gasteiger partial charge is 0.410 e. The van der Waals surface area contributed by atoms with Gasteiger partial charge in [-0.2, -0.15) is 0 Å². The van der Waals surface area contributed by atoms with Crippen LogP contribution < -0.4 is 5.32 Å². The predicted octanol–water partition coefficient (Wildman–Crippen LogP) is 2.37. The molecule has 1 aliphatic heterocycles. The molecule has 0 spiro atoms. The number of nitrogens with one attached hydrogen (secondary N) is 2. The van der Waals surface area contributed by atoms with Crippen molar-refractivity contribution in [3.8, 4) is 0 Å². The number of nitrogens with zero attached hydrogens (tertiary/aromatic N) is 2. The third kappa shape index (κ3) is 5.18. The lowest BCUT2D eigenvalue weighted by atomic mass is 10.1. The van der Waals surface area contributed by atoms with Crippen LogP contribution in [-0.4, -0.2) is 46.2 Å². The van der Waals surface area contributed by atoms with Crippen molar-refractivity contribution < 1.29 is 9.53 Å². The number of amides is 1. The van der Waals surface area contributed by atoms with Crippen LogP contribution in [0.1, 0.15) is 38.7 Å². The third-order valence-electron chi connectivity index (χ3n) is 3.38. The van der Waals surface area contributed by atoms with Gasteiger partial charge in [-0.1, -0.05) is 11.6 Å². The second-order valence-corrected chi connectivity index (χ2v) is 6.64. The summed E-state index contributed by atoms with van der Waals surface area (Å²) < 4.78 is 5.38. The SMILES string of the molecule is Cc1ncc(CNCC2=CCN(C(=O)OC(C)(C)C)CC2)[nH]1. The second-order valence-electron chi connectivity index (χ2n) is 6.64. The van der Waals surface area contributed by atoms with Crippen LogP contribution in [-0.2, 0) is 11.3 Å². The van der Waals surface area contributed by atoms with Crippen LogP contribution in [0.15, 0.2) is 17.8 Å². The average Bonchev–Trinajstić information content (AvgIpc) is 2.83. The minimum absolute atomic E-state index is 0.233. The lowest BCUT2D eigenvalue weighted by Gasteiger charge is -2.29. The Morgan fingerprint density at radius 2 is 2.23 bits per heavy atom. The number of hydrogen-bond donors (Lipinski definition) is 2. The van der Waals surface area contributed by atoms with Crippen LogP contribution in [0.3, 0.4) is 0 Å². The third-order valence-corrected chi connectivity index (χ3v) is 3.38. The Bertz CT molecular complexity index is 543. The van der Waals surface area contributed by atoms with Gasteiger partial charge in [-0.25, -0.2) is 9.78 Å². The first-order valence-corrected chi connectivity index (χ1v) is 7.70. The van der Waals surface area contributed by atoms with E-state index in [4.69, 9.17) is 4.74 Å². The van der Waals surface area contributed by atoms with Crippen molar-refractivity contribution >= 4 is 6.09 Å². The van der Waals surface area contributed by atoms with E-state index >= 15 is 0 Å². The molecule has 1 aromatic rings. The lowest BCUT2D eigenvalue weighted by Crippen LogP contribution is -2.39. The molecule has 1 aliphatic rings. The Morgan fingerprint density at radius 3 is 2.77 bits per heavy atom. The number of aryl methyl sites for hydroxylation is 1. The maximum absolute atomic E-state index is 12.0. The molecular formula is C16H26N4O2. The average molecular weight is 306 g/mol. The molecule has 0 radical (unpaired) electrons. The molecule has 1 aromatic heterocycles. The lowest BCUT2D eigenvalue weighted by molar-refractivity contribution is 0.0265. The molecule has 0 bridgehead atoms. The number of rotatable bonds is 4. The Labute approximate surface area is 131 Å². The van der Waals surface area contributed by atoms with E-state index in [0.29, 0.717) is 13.1 Å². The number of aromatic amines is 1. The van der Waals surface area contributed by atoms with Crippen molar-refractivity contribution in [3.05, 3.63) is 29.4 Å². The van der Waals surface area contributed by atoms with Gasteiger partial charge in [0, 0.05) is 38.1 Å². The minimum Gasteiger partial charge on any atom is -0.444 e. The van der Waals surface area contributed by atoms with Crippen LogP contribution in [0.25, 0.3) is 0 Å². The van der Waals surface area contributed by atoms with E-state index in [1.54, 1.807) is 4.90 Å². The van der Waals surface area contributed by atoms with Crippen molar-refractivity contribution in [2.24, 2.45) is 0 Å². The Hall–Kier alpha value is -1.82. The highest BCUT2D eigenvalue weighted by molar-refractivity contribution is 5.68. The van der Waals surface area contributed by atoms with E-state index in [-0.39, 0.29) is 6.09 Å². The molecule has 0 aliphatic carbocycles. The van der Waals surface area contributed by atoms with Crippen molar-refractivity contribution in [1.82, 2.24) is 20.2 Å². The van der Waals surface area contributed by atoms with Gasteiger partial charge in [0.1, 0.15) is 11.4 Å². The number of ether oxygens (including phenoxy) is 1. The first-order valence-electron chi connectivity index (χ1n) is 7.70. The topological polar surface area (TPSA) is 70.2 Å². The second kappa shape index (κ2) is 6.96. The van der Waals surface area contributed by atoms with Gasteiger partial charge in [0.2, 0.25) is 0 Å². The summed E-state index contributed by atoms with van der Waals surface area (Å²) in [4.78, 5) is 21.1. The maximum Gasteiger partial charge on any atom is 0.410 e. The molecule has 22 heavy (non-hydrogen) atoms. The highest BCUT2D eigenvalue weighted by Gasteiger charge is 2.23. The first-order chi connectivity index (χ1) is 10.3. The summed E-state index contributed by atoms with van der Waals surface area (Å²) in [6, 6.07) is 0. The molecule has 0 saturated carbocycles. The highest BCUT2D eigenvalue weighted by atomic mass is 16.6. The summed E-state index contributed by atoms with van der Waals surface area (Å²) >= 11 is 0. The Kier molecular flexibility index (Phi) is 5.24. The molecule has 0 atom stereocenters. The van der Waals surface area contributed by atoms with Gasteiger partial charge in [-0.05, 0) is 34.1 Å². The number of carbonyl (C=O) groups excluding carboxylic acids is 1. The van der Waals surface area contributed by atoms with Crippen molar-refractivity contribution in [2.75, 3.05) is 19.6 Å². The van der Waals surface area contributed by atoms with Gasteiger partial charge in [-0.15, -0.1) is 0 Å². The number of carbonyl (C=O) groups is 1. The van der Waals surface area contributed by atoms with Gasteiger partial charge in [0.25, 0.3) is 0 Å². The zero-order chi connectivity index (χ0) is 16.2. The zero-order valence-corrected chi connectivity index (χ0v) is 13.9. The fourth-order valence-corrected chi connectivity index (χ4v) is 2.28. The van der Waals surface area contributed by atoms with Gasteiger partial charge in [-0.3, -0.25) is 0 Å². The minimum atomic E-state index is -0.440. The molecule has 2 rings (SSSR count). The van der Waals surface area contributed by atoms with Crippen LogP contribution in [0, 0.1) is 6.92 Å². The van der Waals surface area contributed by atoms with E-state index in [0.717, 1.165) is 31.0 Å².